The maximum Gasteiger partial charge on any atom is 0.303 e. The Hall–Kier alpha value is -1.55. The number of aliphatic carboxylic acids is 1. The van der Waals surface area contributed by atoms with Gasteiger partial charge in [-0.3, -0.25) is 4.79 Å². The van der Waals surface area contributed by atoms with Crippen LogP contribution in [0.2, 0.25) is 0 Å². The van der Waals surface area contributed by atoms with Gasteiger partial charge in [0.2, 0.25) is 0 Å². The van der Waals surface area contributed by atoms with E-state index in [-0.39, 0.29) is 6.42 Å². The Bertz CT molecular complexity index is 383. The van der Waals surface area contributed by atoms with Gasteiger partial charge in [0, 0.05) is 12.5 Å². The van der Waals surface area contributed by atoms with Gasteiger partial charge in [0.15, 0.2) is 0 Å². The first-order valence-electron chi connectivity index (χ1n) is 6.41. The molecular weight excluding hydrogens is 230 g/mol. The monoisotopic (exact) mass is 249 g/mol. The average Bonchev–Trinajstić information content (AvgIpc) is 2.88. The van der Waals surface area contributed by atoms with Crippen molar-refractivity contribution >= 4 is 5.97 Å². The third-order valence-corrected chi connectivity index (χ3v) is 3.16. The molecule has 18 heavy (non-hydrogen) atoms. The average molecular weight is 249 g/mol. The summed E-state index contributed by atoms with van der Waals surface area (Å²) in [6.45, 7) is 1.79. The fraction of sp³-hybridized carbons (Fsp3) is 0.500. The van der Waals surface area contributed by atoms with E-state index in [4.69, 9.17) is 9.84 Å². The van der Waals surface area contributed by atoms with Crippen molar-refractivity contribution in [2.75, 3.05) is 13.2 Å². The number of aryl methyl sites for hydroxylation is 1. The van der Waals surface area contributed by atoms with Gasteiger partial charge in [-0.1, -0.05) is 12.1 Å². The standard InChI is InChI=1S/C14H19NO3/c16-14(17)8-5-11-3-6-13(7-4-11)18-10-12-2-1-9-15-12/h3-4,6-7,12,15H,1-2,5,8-10H2,(H,16,17). The topological polar surface area (TPSA) is 58.6 Å². The van der Waals surface area contributed by atoms with Gasteiger partial charge in [-0.25, -0.2) is 0 Å². The van der Waals surface area contributed by atoms with Gasteiger partial charge in [0.05, 0.1) is 0 Å². The summed E-state index contributed by atoms with van der Waals surface area (Å²) >= 11 is 0. The SMILES string of the molecule is O=C(O)CCc1ccc(OCC2CCCN2)cc1. The zero-order chi connectivity index (χ0) is 12.8. The van der Waals surface area contributed by atoms with Gasteiger partial charge in [-0.2, -0.15) is 0 Å². The molecule has 0 aliphatic carbocycles. The van der Waals surface area contributed by atoms with Crippen LogP contribution in [-0.4, -0.2) is 30.3 Å². The summed E-state index contributed by atoms with van der Waals surface area (Å²) in [4.78, 5) is 10.5. The van der Waals surface area contributed by atoms with Crippen LogP contribution in [-0.2, 0) is 11.2 Å². The van der Waals surface area contributed by atoms with Crippen molar-refractivity contribution in [3.05, 3.63) is 29.8 Å². The number of ether oxygens (including phenoxy) is 1. The molecule has 2 rings (SSSR count). The lowest BCUT2D eigenvalue weighted by Crippen LogP contribution is -2.28. The molecule has 0 saturated carbocycles. The van der Waals surface area contributed by atoms with E-state index in [1.807, 2.05) is 24.3 Å². The molecule has 98 valence electrons. The normalized spacial score (nSPS) is 18.8. The smallest absolute Gasteiger partial charge is 0.303 e. The van der Waals surface area contributed by atoms with Crippen LogP contribution in [0.3, 0.4) is 0 Å². The number of carboxylic acid groups (broad SMARTS) is 1. The molecule has 1 atom stereocenters. The Morgan fingerprint density at radius 3 is 2.78 bits per heavy atom. The molecule has 1 aromatic rings. The molecule has 4 nitrogen and oxygen atoms in total. The Balaban J connectivity index is 1.77. The van der Waals surface area contributed by atoms with E-state index in [0.29, 0.717) is 19.1 Å². The van der Waals surface area contributed by atoms with Gasteiger partial charge in [0.25, 0.3) is 0 Å². The van der Waals surface area contributed by atoms with Crippen LogP contribution in [0, 0.1) is 0 Å². The number of benzene rings is 1. The van der Waals surface area contributed by atoms with Crippen molar-refractivity contribution in [3.8, 4) is 5.75 Å². The molecule has 0 bridgehead atoms. The van der Waals surface area contributed by atoms with Crippen LogP contribution >= 0.6 is 0 Å². The van der Waals surface area contributed by atoms with Crippen LogP contribution < -0.4 is 10.1 Å². The lowest BCUT2D eigenvalue weighted by Gasteiger charge is -2.12. The molecule has 1 aromatic carbocycles. The van der Waals surface area contributed by atoms with E-state index in [9.17, 15) is 4.79 Å². The number of hydrogen-bond acceptors (Lipinski definition) is 3. The fourth-order valence-corrected chi connectivity index (χ4v) is 2.10. The zero-order valence-corrected chi connectivity index (χ0v) is 10.4. The number of hydrogen-bond donors (Lipinski definition) is 2. The predicted molar refractivity (Wildman–Crippen MR) is 68.9 cm³/mol. The quantitative estimate of drug-likeness (QED) is 0.807. The lowest BCUT2D eigenvalue weighted by atomic mass is 10.1. The number of carbonyl (C=O) groups is 1. The highest BCUT2D eigenvalue weighted by Gasteiger charge is 2.14. The van der Waals surface area contributed by atoms with E-state index in [1.54, 1.807) is 0 Å². The minimum Gasteiger partial charge on any atom is -0.492 e. The Morgan fingerprint density at radius 2 is 2.17 bits per heavy atom. The molecule has 0 radical (unpaired) electrons. The minimum atomic E-state index is -0.761. The van der Waals surface area contributed by atoms with Crippen LogP contribution in [0.1, 0.15) is 24.8 Å². The van der Waals surface area contributed by atoms with Crippen molar-refractivity contribution in [2.45, 2.75) is 31.7 Å². The second-order valence-electron chi connectivity index (χ2n) is 4.64. The van der Waals surface area contributed by atoms with Crippen molar-refractivity contribution in [1.29, 1.82) is 0 Å². The van der Waals surface area contributed by atoms with Crippen LogP contribution in [0.5, 0.6) is 5.75 Å². The summed E-state index contributed by atoms with van der Waals surface area (Å²) in [6.07, 6.45) is 3.14. The van der Waals surface area contributed by atoms with Crippen LogP contribution in [0.4, 0.5) is 0 Å². The first-order valence-corrected chi connectivity index (χ1v) is 6.41. The Labute approximate surface area is 107 Å². The predicted octanol–water partition coefficient (Wildman–Crippen LogP) is 1.83. The first kappa shape index (κ1) is 12.9. The van der Waals surface area contributed by atoms with E-state index >= 15 is 0 Å². The fourth-order valence-electron chi connectivity index (χ4n) is 2.10. The third kappa shape index (κ3) is 4.04. The van der Waals surface area contributed by atoms with Crippen LogP contribution in [0.15, 0.2) is 24.3 Å². The largest absolute Gasteiger partial charge is 0.492 e. The molecule has 4 heteroatoms. The molecular formula is C14H19NO3. The van der Waals surface area contributed by atoms with Gasteiger partial charge in [-0.15, -0.1) is 0 Å². The maximum atomic E-state index is 10.5. The molecule has 1 unspecified atom stereocenters. The Morgan fingerprint density at radius 1 is 1.39 bits per heavy atom. The second-order valence-corrected chi connectivity index (χ2v) is 4.64. The molecule has 1 aliphatic rings. The molecule has 0 spiro atoms. The van der Waals surface area contributed by atoms with E-state index in [2.05, 4.69) is 5.32 Å². The van der Waals surface area contributed by atoms with Gasteiger partial charge in [0.1, 0.15) is 12.4 Å². The molecule has 0 aromatic heterocycles. The highest BCUT2D eigenvalue weighted by molar-refractivity contribution is 5.67. The zero-order valence-electron chi connectivity index (χ0n) is 10.4. The van der Waals surface area contributed by atoms with Crippen molar-refractivity contribution < 1.29 is 14.6 Å². The van der Waals surface area contributed by atoms with Gasteiger partial charge < -0.3 is 15.2 Å². The minimum absolute atomic E-state index is 0.173. The first-order chi connectivity index (χ1) is 8.74. The molecule has 1 aliphatic heterocycles. The molecule has 0 amide bonds. The summed E-state index contributed by atoms with van der Waals surface area (Å²) in [7, 11) is 0. The number of carboxylic acids is 1. The summed E-state index contributed by atoms with van der Waals surface area (Å²) in [5.41, 5.74) is 1.03. The molecule has 1 heterocycles. The maximum absolute atomic E-state index is 10.5. The van der Waals surface area contributed by atoms with Crippen LogP contribution in [0.25, 0.3) is 0 Å². The number of rotatable bonds is 6. The summed E-state index contributed by atoms with van der Waals surface area (Å²) in [5, 5.41) is 12.0. The van der Waals surface area contributed by atoms with Crippen molar-refractivity contribution in [3.63, 3.8) is 0 Å². The summed E-state index contributed by atoms with van der Waals surface area (Å²) in [6, 6.07) is 8.15. The summed E-state index contributed by atoms with van der Waals surface area (Å²) in [5.74, 6) is 0.0883. The molecule has 1 saturated heterocycles. The molecule has 1 fully saturated rings. The van der Waals surface area contributed by atoms with Gasteiger partial charge in [-0.05, 0) is 43.5 Å². The van der Waals surface area contributed by atoms with Crippen molar-refractivity contribution in [2.24, 2.45) is 0 Å². The van der Waals surface area contributed by atoms with Gasteiger partial charge >= 0.3 is 5.97 Å². The second kappa shape index (κ2) is 6.40. The highest BCUT2D eigenvalue weighted by Crippen LogP contribution is 2.15. The van der Waals surface area contributed by atoms with E-state index < -0.39 is 5.97 Å². The van der Waals surface area contributed by atoms with E-state index in [1.165, 1.54) is 12.8 Å². The molecule has 2 N–H and O–H groups in total. The van der Waals surface area contributed by atoms with E-state index in [0.717, 1.165) is 17.9 Å². The summed E-state index contributed by atoms with van der Waals surface area (Å²) < 4.78 is 5.69. The number of nitrogens with one attached hydrogen (secondary N) is 1. The third-order valence-electron chi connectivity index (χ3n) is 3.16. The lowest BCUT2D eigenvalue weighted by molar-refractivity contribution is -0.136. The van der Waals surface area contributed by atoms with Crippen molar-refractivity contribution in [1.82, 2.24) is 5.32 Å². The Kier molecular flexibility index (Phi) is 4.59. The highest BCUT2D eigenvalue weighted by atomic mass is 16.5.